The average Bonchev–Trinajstić information content (AvgIpc) is 2.28. The molecule has 100 valence electrons. The highest BCUT2D eigenvalue weighted by Crippen LogP contribution is 2.18. The molecule has 0 aliphatic rings. The van der Waals surface area contributed by atoms with Crippen molar-refractivity contribution in [3.63, 3.8) is 0 Å². The Kier molecular flexibility index (Phi) is 8.27. The maximum atomic E-state index is 11.3. The van der Waals surface area contributed by atoms with Crippen LogP contribution in [0.2, 0.25) is 6.04 Å². The average molecular weight is 262 g/mol. The lowest BCUT2D eigenvalue weighted by Gasteiger charge is -2.29. The van der Waals surface area contributed by atoms with Crippen LogP contribution in [-0.4, -0.2) is 45.6 Å². The molecule has 17 heavy (non-hydrogen) atoms. The van der Waals surface area contributed by atoms with Gasteiger partial charge in [0.05, 0.1) is 6.04 Å². The number of carbonyl (C=O) groups excluding carboxylic acids is 1. The van der Waals surface area contributed by atoms with Crippen molar-refractivity contribution in [3.05, 3.63) is 12.7 Å². The third kappa shape index (κ3) is 5.56. The molecule has 0 aromatic carbocycles. The second-order valence-electron chi connectivity index (χ2n) is 3.31. The second kappa shape index (κ2) is 8.54. The molecule has 0 saturated heterocycles. The summed E-state index contributed by atoms with van der Waals surface area (Å²) < 4.78 is 16.6. The molecule has 5 nitrogen and oxygen atoms in total. The summed E-state index contributed by atoms with van der Waals surface area (Å²) in [6.45, 7) is 10.0. The molecule has 1 N–H and O–H groups in total. The highest BCUT2D eigenvalue weighted by atomic mass is 28.4. The predicted octanol–water partition coefficient (Wildman–Crippen LogP) is 1.15. The van der Waals surface area contributed by atoms with Gasteiger partial charge in [-0.3, -0.25) is 4.79 Å². The van der Waals surface area contributed by atoms with Crippen LogP contribution in [0.5, 0.6) is 0 Å². The first-order chi connectivity index (χ1) is 8.05. The van der Waals surface area contributed by atoms with Crippen LogP contribution in [-0.2, 0) is 18.1 Å². The summed E-state index contributed by atoms with van der Waals surface area (Å²) >= 11 is 0. The van der Waals surface area contributed by atoms with E-state index in [2.05, 4.69) is 6.58 Å². The highest BCUT2D eigenvalue weighted by molar-refractivity contribution is 6.61. The van der Waals surface area contributed by atoms with E-state index in [4.69, 9.17) is 13.3 Å². The smallest absolute Gasteiger partial charge is 0.385 e. The standard InChI is InChI=1S/C11H22O5Si/c1-5-10(12)11(13)9-17(14-6-2,15-7-3)16-8-4/h5,11,13H,1,6-9H2,2-4H3. The van der Waals surface area contributed by atoms with Crippen LogP contribution in [0.25, 0.3) is 0 Å². The van der Waals surface area contributed by atoms with Crippen molar-refractivity contribution in [2.24, 2.45) is 0 Å². The molecule has 0 amide bonds. The molecule has 0 aromatic heterocycles. The van der Waals surface area contributed by atoms with Gasteiger partial charge in [0.1, 0.15) is 6.10 Å². The number of hydrogen-bond donors (Lipinski definition) is 1. The Hall–Kier alpha value is -0.533. The van der Waals surface area contributed by atoms with Crippen LogP contribution in [0.15, 0.2) is 12.7 Å². The van der Waals surface area contributed by atoms with Gasteiger partial charge in [-0.25, -0.2) is 0 Å². The summed E-state index contributed by atoms with van der Waals surface area (Å²) in [6, 6.07) is 0.0629. The molecule has 0 heterocycles. The maximum Gasteiger partial charge on any atom is 0.504 e. The highest BCUT2D eigenvalue weighted by Gasteiger charge is 2.43. The molecule has 0 spiro atoms. The molecule has 0 saturated carbocycles. The van der Waals surface area contributed by atoms with Gasteiger partial charge >= 0.3 is 8.80 Å². The maximum absolute atomic E-state index is 11.3. The molecule has 0 rings (SSSR count). The van der Waals surface area contributed by atoms with E-state index in [1.165, 1.54) is 0 Å². The fourth-order valence-corrected chi connectivity index (χ4v) is 4.03. The summed E-state index contributed by atoms with van der Waals surface area (Å²) in [5, 5.41) is 9.71. The van der Waals surface area contributed by atoms with Gasteiger partial charge in [0.15, 0.2) is 5.78 Å². The third-order valence-corrected chi connectivity index (χ3v) is 5.14. The minimum absolute atomic E-state index is 0.0629. The van der Waals surface area contributed by atoms with Crippen LogP contribution >= 0.6 is 0 Å². The summed E-state index contributed by atoms with van der Waals surface area (Å²) in [5.41, 5.74) is 0. The Balaban J connectivity index is 4.74. The van der Waals surface area contributed by atoms with Crippen LogP contribution < -0.4 is 0 Å². The van der Waals surface area contributed by atoms with Crippen molar-refractivity contribution in [1.29, 1.82) is 0 Å². The molecular weight excluding hydrogens is 240 g/mol. The lowest BCUT2D eigenvalue weighted by Crippen LogP contribution is -2.49. The van der Waals surface area contributed by atoms with E-state index in [1.807, 2.05) is 20.8 Å². The van der Waals surface area contributed by atoms with Gasteiger partial charge in [-0.15, -0.1) is 0 Å². The largest absolute Gasteiger partial charge is 0.504 e. The Morgan fingerprint density at radius 2 is 1.65 bits per heavy atom. The Morgan fingerprint density at radius 3 is 1.94 bits per heavy atom. The number of hydrogen-bond acceptors (Lipinski definition) is 5. The topological polar surface area (TPSA) is 65.0 Å². The van der Waals surface area contributed by atoms with Gasteiger partial charge in [0.2, 0.25) is 0 Å². The first-order valence-electron chi connectivity index (χ1n) is 5.81. The molecule has 0 bridgehead atoms. The SMILES string of the molecule is C=CC(=O)C(O)C[Si](OCC)(OCC)OCC. The normalized spacial score (nSPS) is 13.4. The number of ketones is 1. The van der Waals surface area contributed by atoms with Gasteiger partial charge in [-0.05, 0) is 26.8 Å². The summed E-state index contributed by atoms with van der Waals surface area (Å²) in [5.74, 6) is -0.444. The van der Waals surface area contributed by atoms with E-state index >= 15 is 0 Å². The first kappa shape index (κ1) is 16.5. The monoisotopic (exact) mass is 262 g/mol. The lowest BCUT2D eigenvalue weighted by molar-refractivity contribution is -0.122. The number of aliphatic hydroxyl groups excluding tert-OH is 1. The molecule has 0 radical (unpaired) electrons. The Bertz CT molecular complexity index is 227. The minimum Gasteiger partial charge on any atom is -0.385 e. The van der Waals surface area contributed by atoms with Crippen molar-refractivity contribution >= 4 is 14.6 Å². The first-order valence-corrected chi connectivity index (χ1v) is 7.74. The Morgan fingerprint density at radius 1 is 1.24 bits per heavy atom. The Labute approximate surface area is 104 Å². The number of carbonyl (C=O) groups is 1. The van der Waals surface area contributed by atoms with E-state index in [0.717, 1.165) is 6.08 Å². The molecule has 0 aliphatic carbocycles. The molecule has 1 unspecified atom stereocenters. The van der Waals surface area contributed by atoms with Crippen LogP contribution in [0.4, 0.5) is 0 Å². The van der Waals surface area contributed by atoms with E-state index < -0.39 is 20.7 Å². The van der Waals surface area contributed by atoms with Crippen molar-refractivity contribution in [2.45, 2.75) is 32.9 Å². The van der Waals surface area contributed by atoms with E-state index in [9.17, 15) is 9.90 Å². The summed E-state index contributed by atoms with van der Waals surface area (Å²) in [6.07, 6.45) is -0.0861. The van der Waals surface area contributed by atoms with E-state index in [0.29, 0.717) is 19.8 Å². The predicted molar refractivity (Wildman–Crippen MR) is 66.6 cm³/mol. The lowest BCUT2D eigenvalue weighted by atomic mass is 10.2. The zero-order valence-corrected chi connectivity index (χ0v) is 11.8. The van der Waals surface area contributed by atoms with Crippen molar-refractivity contribution in [1.82, 2.24) is 0 Å². The summed E-state index contributed by atoms with van der Waals surface area (Å²) in [4.78, 5) is 11.3. The second-order valence-corrected chi connectivity index (χ2v) is 5.95. The molecule has 0 aliphatic heterocycles. The van der Waals surface area contributed by atoms with Crippen LogP contribution in [0, 0.1) is 0 Å². The number of rotatable bonds is 10. The van der Waals surface area contributed by atoms with Crippen molar-refractivity contribution in [2.75, 3.05) is 19.8 Å². The molecule has 0 aromatic rings. The minimum atomic E-state index is -2.96. The zero-order chi connectivity index (χ0) is 13.3. The molecular formula is C11H22O5Si. The molecule has 0 fully saturated rings. The zero-order valence-electron chi connectivity index (χ0n) is 10.8. The van der Waals surface area contributed by atoms with Crippen molar-refractivity contribution in [3.8, 4) is 0 Å². The number of aliphatic hydroxyl groups is 1. The van der Waals surface area contributed by atoms with Gasteiger partial charge in [-0.2, -0.15) is 0 Å². The van der Waals surface area contributed by atoms with E-state index in [-0.39, 0.29) is 6.04 Å². The third-order valence-electron chi connectivity index (χ3n) is 2.07. The van der Waals surface area contributed by atoms with Gasteiger partial charge in [0.25, 0.3) is 0 Å². The fraction of sp³-hybridized carbons (Fsp3) is 0.727. The van der Waals surface area contributed by atoms with Gasteiger partial charge in [0, 0.05) is 19.8 Å². The quantitative estimate of drug-likeness (QED) is 0.472. The van der Waals surface area contributed by atoms with Crippen molar-refractivity contribution < 1.29 is 23.2 Å². The van der Waals surface area contributed by atoms with Gasteiger partial charge in [-0.1, -0.05) is 6.58 Å². The van der Waals surface area contributed by atoms with Crippen LogP contribution in [0.3, 0.4) is 0 Å². The summed E-state index contributed by atoms with van der Waals surface area (Å²) in [7, 11) is -2.96. The molecule has 1 atom stereocenters. The van der Waals surface area contributed by atoms with Gasteiger partial charge < -0.3 is 18.4 Å². The fourth-order valence-electron chi connectivity index (χ4n) is 1.43. The van der Waals surface area contributed by atoms with Crippen LogP contribution in [0.1, 0.15) is 20.8 Å². The molecule has 6 heteroatoms. The van der Waals surface area contributed by atoms with E-state index in [1.54, 1.807) is 0 Å².